The highest BCUT2D eigenvalue weighted by Crippen LogP contribution is 2.31. The molecule has 0 saturated carbocycles. The van der Waals surface area contributed by atoms with E-state index in [0.717, 1.165) is 10.1 Å². The smallest absolute Gasteiger partial charge is 0.269 e. The van der Waals surface area contributed by atoms with E-state index in [2.05, 4.69) is 10.3 Å². The molecule has 0 aliphatic carbocycles. The molecule has 0 saturated heterocycles. The summed E-state index contributed by atoms with van der Waals surface area (Å²) in [6.45, 7) is 0.190. The first kappa shape index (κ1) is 16.5. The average molecular weight is 367 g/mol. The lowest BCUT2D eigenvalue weighted by Crippen LogP contribution is -2.40. The number of carbonyl (C=O) groups is 1. The van der Waals surface area contributed by atoms with Crippen LogP contribution in [-0.4, -0.2) is 28.2 Å². The maximum Gasteiger partial charge on any atom is 0.269 e. The first-order chi connectivity index (χ1) is 12.7. The predicted molar refractivity (Wildman–Crippen MR) is 98.8 cm³/mol. The number of aryl methyl sites for hydroxylation is 1. The average Bonchev–Trinajstić information content (AvgIpc) is 3.07. The molecule has 4 rings (SSSR count). The maximum absolute atomic E-state index is 12.4. The number of amides is 1. The molecule has 0 spiro atoms. The lowest BCUT2D eigenvalue weighted by atomic mass is 10.2. The zero-order valence-corrected chi connectivity index (χ0v) is 14.9. The number of anilines is 1. The number of nitrogens with zero attached hydrogens (tertiary/aromatic N) is 2. The molecule has 2 aromatic carbocycles. The Hall–Kier alpha value is -2.93. The van der Waals surface area contributed by atoms with Crippen LogP contribution >= 0.6 is 11.8 Å². The van der Waals surface area contributed by atoms with Crippen LogP contribution in [0.25, 0.3) is 0 Å². The number of para-hydroxylation sites is 2. The van der Waals surface area contributed by atoms with Crippen molar-refractivity contribution in [3.8, 4) is 11.5 Å². The third-order valence-electron chi connectivity index (χ3n) is 3.91. The Morgan fingerprint density at radius 1 is 1.19 bits per heavy atom. The summed E-state index contributed by atoms with van der Waals surface area (Å²) in [6.07, 6.45) is 2.99. The Morgan fingerprint density at radius 3 is 2.69 bits per heavy atom. The minimum atomic E-state index is -0.675. The number of carbonyl (C=O) groups excluding carboxylic acids is 1. The molecule has 2 heterocycles. The van der Waals surface area contributed by atoms with Crippen molar-refractivity contribution in [2.75, 3.05) is 11.9 Å². The summed E-state index contributed by atoms with van der Waals surface area (Å²) in [5.41, 5.74) is 0.710. The summed E-state index contributed by atoms with van der Waals surface area (Å²) in [4.78, 5) is 17.8. The van der Waals surface area contributed by atoms with Crippen LogP contribution in [-0.2, 0) is 11.8 Å². The van der Waals surface area contributed by atoms with Crippen molar-refractivity contribution >= 4 is 23.4 Å². The van der Waals surface area contributed by atoms with E-state index in [1.807, 2.05) is 60.3 Å². The molecule has 1 aliphatic heterocycles. The number of benzene rings is 2. The van der Waals surface area contributed by atoms with Gasteiger partial charge in [-0.25, -0.2) is 4.98 Å². The van der Waals surface area contributed by atoms with Gasteiger partial charge in [0.2, 0.25) is 6.10 Å². The molecule has 7 heteroatoms. The molecule has 0 radical (unpaired) electrons. The van der Waals surface area contributed by atoms with Crippen LogP contribution < -0.4 is 14.8 Å². The zero-order valence-electron chi connectivity index (χ0n) is 14.1. The number of nitrogens with one attached hydrogen (secondary N) is 1. The number of hydrogen-bond acceptors (Lipinski definition) is 5. The third-order valence-corrected chi connectivity index (χ3v) is 4.99. The van der Waals surface area contributed by atoms with Gasteiger partial charge in [-0.1, -0.05) is 23.9 Å². The molecule has 1 amide bonds. The summed E-state index contributed by atoms with van der Waals surface area (Å²) >= 11 is 1.56. The van der Waals surface area contributed by atoms with E-state index >= 15 is 0 Å². The Morgan fingerprint density at radius 2 is 1.96 bits per heavy atom. The van der Waals surface area contributed by atoms with Crippen LogP contribution in [0.15, 0.2) is 71.0 Å². The van der Waals surface area contributed by atoms with Crippen molar-refractivity contribution in [1.82, 2.24) is 9.55 Å². The minimum absolute atomic E-state index is 0.190. The maximum atomic E-state index is 12.4. The second-order valence-electron chi connectivity index (χ2n) is 5.80. The standard InChI is InChI=1S/C19H17N3O3S/c1-22-11-10-20-19(22)26-14-8-6-13(7-9-14)21-18(23)17-12-24-15-4-2-3-5-16(15)25-17/h2-11,17H,12H2,1H3,(H,21,23). The van der Waals surface area contributed by atoms with E-state index in [9.17, 15) is 4.79 Å². The van der Waals surface area contributed by atoms with Crippen molar-refractivity contribution in [3.63, 3.8) is 0 Å². The van der Waals surface area contributed by atoms with Gasteiger partial charge in [0.1, 0.15) is 6.61 Å². The quantitative estimate of drug-likeness (QED) is 0.766. The van der Waals surface area contributed by atoms with Crippen molar-refractivity contribution in [1.29, 1.82) is 0 Å². The summed E-state index contributed by atoms with van der Waals surface area (Å²) in [5, 5.41) is 3.78. The van der Waals surface area contributed by atoms with Gasteiger partial charge in [0.25, 0.3) is 5.91 Å². The van der Waals surface area contributed by atoms with E-state index in [-0.39, 0.29) is 12.5 Å². The summed E-state index contributed by atoms with van der Waals surface area (Å²) in [6, 6.07) is 14.9. The van der Waals surface area contributed by atoms with Crippen LogP contribution in [0.4, 0.5) is 5.69 Å². The van der Waals surface area contributed by atoms with Crippen LogP contribution in [0.2, 0.25) is 0 Å². The van der Waals surface area contributed by atoms with Crippen molar-refractivity contribution in [2.45, 2.75) is 16.2 Å². The van der Waals surface area contributed by atoms with Gasteiger partial charge in [-0.2, -0.15) is 0 Å². The van der Waals surface area contributed by atoms with Gasteiger partial charge in [-0.15, -0.1) is 0 Å². The van der Waals surface area contributed by atoms with Gasteiger partial charge in [0, 0.05) is 30.0 Å². The van der Waals surface area contributed by atoms with Crippen molar-refractivity contribution < 1.29 is 14.3 Å². The normalized spacial score (nSPS) is 15.5. The minimum Gasteiger partial charge on any atom is -0.485 e. The molecular formula is C19H17N3O3S. The van der Waals surface area contributed by atoms with Gasteiger partial charge >= 0.3 is 0 Å². The van der Waals surface area contributed by atoms with Gasteiger partial charge in [-0.3, -0.25) is 4.79 Å². The molecular weight excluding hydrogens is 350 g/mol. The Bertz CT molecular complexity index is 924. The van der Waals surface area contributed by atoms with Crippen molar-refractivity contribution in [3.05, 3.63) is 60.9 Å². The molecule has 1 aromatic heterocycles. The molecule has 1 aliphatic rings. The second-order valence-corrected chi connectivity index (χ2v) is 6.84. The zero-order chi connectivity index (χ0) is 17.9. The lowest BCUT2D eigenvalue weighted by molar-refractivity contribution is -0.125. The molecule has 1 unspecified atom stereocenters. The highest BCUT2D eigenvalue weighted by Gasteiger charge is 2.27. The number of rotatable bonds is 4. The van der Waals surface area contributed by atoms with Crippen LogP contribution in [0.3, 0.4) is 0 Å². The Labute approximate surface area is 155 Å². The third kappa shape index (κ3) is 3.52. The molecule has 132 valence electrons. The van der Waals surface area contributed by atoms with E-state index in [0.29, 0.717) is 17.2 Å². The molecule has 1 N–H and O–H groups in total. The Balaban J connectivity index is 1.38. The van der Waals surface area contributed by atoms with Crippen molar-refractivity contribution in [2.24, 2.45) is 7.05 Å². The van der Waals surface area contributed by atoms with Gasteiger partial charge in [-0.05, 0) is 36.4 Å². The second kappa shape index (κ2) is 7.13. The fraction of sp³-hybridized carbons (Fsp3) is 0.158. The fourth-order valence-corrected chi connectivity index (χ4v) is 3.33. The predicted octanol–water partition coefficient (Wildman–Crippen LogP) is 3.35. The molecule has 0 bridgehead atoms. The SMILES string of the molecule is Cn1ccnc1Sc1ccc(NC(=O)C2COc3ccccc3O2)cc1. The Kier molecular flexibility index (Phi) is 4.53. The highest BCUT2D eigenvalue weighted by molar-refractivity contribution is 7.99. The van der Waals surface area contributed by atoms with Gasteiger partial charge in [0.05, 0.1) is 0 Å². The van der Waals surface area contributed by atoms with E-state index in [4.69, 9.17) is 9.47 Å². The van der Waals surface area contributed by atoms with Crippen LogP contribution in [0.1, 0.15) is 0 Å². The monoisotopic (exact) mass is 367 g/mol. The van der Waals surface area contributed by atoms with Crippen LogP contribution in [0, 0.1) is 0 Å². The highest BCUT2D eigenvalue weighted by atomic mass is 32.2. The summed E-state index contributed by atoms with van der Waals surface area (Å²) in [7, 11) is 1.95. The van der Waals surface area contributed by atoms with E-state index in [1.54, 1.807) is 24.0 Å². The number of ether oxygens (including phenoxy) is 2. The van der Waals surface area contributed by atoms with E-state index < -0.39 is 6.10 Å². The number of imidazole rings is 1. The topological polar surface area (TPSA) is 65.4 Å². The first-order valence-corrected chi connectivity index (χ1v) is 8.95. The summed E-state index contributed by atoms with van der Waals surface area (Å²) in [5.74, 6) is 1.01. The number of fused-ring (bicyclic) bond motifs is 1. The van der Waals surface area contributed by atoms with Gasteiger partial charge in [0.15, 0.2) is 16.7 Å². The molecule has 6 nitrogen and oxygen atoms in total. The number of aromatic nitrogens is 2. The van der Waals surface area contributed by atoms with Crippen LogP contribution in [0.5, 0.6) is 11.5 Å². The first-order valence-electron chi connectivity index (χ1n) is 8.13. The molecule has 3 aromatic rings. The van der Waals surface area contributed by atoms with Gasteiger partial charge < -0.3 is 19.4 Å². The number of hydrogen-bond donors (Lipinski definition) is 1. The summed E-state index contributed by atoms with van der Waals surface area (Å²) < 4.78 is 13.3. The van der Waals surface area contributed by atoms with E-state index in [1.165, 1.54) is 0 Å². The largest absolute Gasteiger partial charge is 0.485 e. The fourth-order valence-electron chi connectivity index (χ4n) is 2.53. The molecule has 0 fully saturated rings. The molecule has 1 atom stereocenters. The lowest BCUT2D eigenvalue weighted by Gasteiger charge is -2.25. The molecule has 26 heavy (non-hydrogen) atoms.